The van der Waals surface area contributed by atoms with E-state index in [9.17, 15) is 19.2 Å². The van der Waals surface area contributed by atoms with Crippen LogP contribution in [0.2, 0.25) is 0 Å². The smallest absolute Gasteiger partial charge is 0.144 e. The lowest BCUT2D eigenvalue weighted by atomic mass is 9.65. The molecule has 0 bridgehead atoms. The lowest BCUT2D eigenvalue weighted by molar-refractivity contribution is -0.141. The van der Waals surface area contributed by atoms with Gasteiger partial charge in [0.05, 0.1) is 18.9 Å². The number of methoxy groups -OCH3 is 1. The summed E-state index contributed by atoms with van der Waals surface area (Å²) < 4.78 is 5.25. The molecule has 0 radical (unpaired) electrons. The zero-order chi connectivity index (χ0) is 18.0. The zero-order valence-corrected chi connectivity index (χ0v) is 14.3. The van der Waals surface area contributed by atoms with Crippen LogP contribution in [0.5, 0.6) is 5.75 Å². The summed E-state index contributed by atoms with van der Waals surface area (Å²) in [7, 11) is 1.53. The Kier molecular flexibility index (Phi) is 5.11. The quantitative estimate of drug-likeness (QED) is 0.786. The number of hydrogen-bond acceptors (Lipinski definition) is 5. The highest BCUT2D eigenvalue weighted by molar-refractivity contribution is 6.10. The summed E-state index contributed by atoms with van der Waals surface area (Å²) in [6, 6.07) is 7.03. The van der Waals surface area contributed by atoms with E-state index in [1.165, 1.54) is 7.11 Å². The van der Waals surface area contributed by atoms with Gasteiger partial charge in [0.1, 0.15) is 28.9 Å². The molecule has 0 heterocycles. The molecule has 2 aliphatic carbocycles. The number of ether oxygens (including phenoxy) is 1. The fourth-order valence-corrected chi connectivity index (χ4v) is 4.08. The van der Waals surface area contributed by atoms with Crippen LogP contribution >= 0.6 is 0 Å². The number of Topliss-reactive ketones (excluding diaryl/α,β-unsaturated/α-hetero) is 4. The van der Waals surface area contributed by atoms with Crippen LogP contribution in [-0.2, 0) is 19.2 Å². The van der Waals surface area contributed by atoms with Crippen molar-refractivity contribution in [3.8, 4) is 5.75 Å². The molecule has 1 aromatic rings. The fraction of sp³-hybridized carbons (Fsp3) is 0.500. The third kappa shape index (κ3) is 3.41. The lowest BCUT2D eigenvalue weighted by Gasteiger charge is -2.34. The maximum atomic E-state index is 12.6. The van der Waals surface area contributed by atoms with Crippen molar-refractivity contribution < 1.29 is 23.9 Å². The van der Waals surface area contributed by atoms with Crippen LogP contribution in [0.3, 0.4) is 0 Å². The average Bonchev–Trinajstić information content (AvgIpc) is 2.60. The van der Waals surface area contributed by atoms with Crippen molar-refractivity contribution >= 4 is 23.1 Å². The molecule has 0 unspecified atom stereocenters. The van der Waals surface area contributed by atoms with Crippen LogP contribution < -0.4 is 4.74 Å². The second-order valence-corrected chi connectivity index (χ2v) is 6.83. The Labute approximate surface area is 146 Å². The zero-order valence-electron chi connectivity index (χ0n) is 14.3. The van der Waals surface area contributed by atoms with E-state index >= 15 is 0 Å². The van der Waals surface area contributed by atoms with Gasteiger partial charge in [0.25, 0.3) is 0 Å². The van der Waals surface area contributed by atoms with Crippen LogP contribution in [0, 0.1) is 11.8 Å². The van der Waals surface area contributed by atoms with Gasteiger partial charge in [-0.3, -0.25) is 19.2 Å². The Bertz CT molecular complexity index is 651. The number of benzene rings is 1. The summed E-state index contributed by atoms with van der Waals surface area (Å²) in [6.07, 6.45) is 2.40. The highest BCUT2D eigenvalue weighted by Crippen LogP contribution is 2.41. The molecule has 132 valence electrons. The molecule has 0 N–H and O–H groups in total. The van der Waals surface area contributed by atoms with Crippen molar-refractivity contribution in [3.05, 3.63) is 29.8 Å². The van der Waals surface area contributed by atoms with E-state index in [-0.39, 0.29) is 23.1 Å². The Morgan fingerprint density at radius 2 is 1.32 bits per heavy atom. The van der Waals surface area contributed by atoms with E-state index in [4.69, 9.17) is 4.74 Å². The van der Waals surface area contributed by atoms with Gasteiger partial charge >= 0.3 is 0 Å². The van der Waals surface area contributed by atoms with Gasteiger partial charge < -0.3 is 4.74 Å². The first-order valence-electron chi connectivity index (χ1n) is 8.77. The summed E-state index contributed by atoms with van der Waals surface area (Å²) in [6.45, 7) is 0. The van der Waals surface area contributed by atoms with Crippen molar-refractivity contribution in [1.29, 1.82) is 0 Å². The molecule has 2 saturated carbocycles. The predicted octanol–water partition coefficient (Wildman–Crippen LogP) is 2.66. The molecule has 0 saturated heterocycles. The van der Waals surface area contributed by atoms with Gasteiger partial charge in [-0.1, -0.05) is 12.1 Å². The van der Waals surface area contributed by atoms with Gasteiger partial charge in [-0.25, -0.2) is 0 Å². The minimum Gasteiger partial charge on any atom is -0.497 e. The van der Waals surface area contributed by atoms with Crippen molar-refractivity contribution in [2.24, 2.45) is 11.8 Å². The molecule has 0 amide bonds. The molecule has 0 atom stereocenters. The summed E-state index contributed by atoms with van der Waals surface area (Å²) in [5.74, 6) is -2.57. The topological polar surface area (TPSA) is 77.5 Å². The lowest BCUT2D eigenvalue weighted by Crippen LogP contribution is -2.43. The highest BCUT2D eigenvalue weighted by atomic mass is 16.5. The molecule has 1 aromatic carbocycles. The second kappa shape index (κ2) is 7.30. The maximum absolute atomic E-state index is 12.6. The van der Waals surface area contributed by atoms with Gasteiger partial charge in [-0.2, -0.15) is 0 Å². The van der Waals surface area contributed by atoms with Crippen LogP contribution in [0.4, 0.5) is 0 Å². The van der Waals surface area contributed by atoms with Crippen molar-refractivity contribution in [1.82, 2.24) is 0 Å². The van der Waals surface area contributed by atoms with E-state index in [2.05, 4.69) is 0 Å². The van der Waals surface area contributed by atoms with Crippen molar-refractivity contribution in [2.75, 3.05) is 7.11 Å². The standard InChI is InChI=1S/C20H22O5/c1-25-13-6-2-5-12(11-13)18(19-14(21)7-3-8-15(19)22)20-16(23)9-4-10-17(20)24/h2,5-6,11,18-20H,3-4,7-10H2,1H3. The Hall–Kier alpha value is -2.30. The van der Waals surface area contributed by atoms with Gasteiger partial charge in [-0.05, 0) is 30.5 Å². The Morgan fingerprint density at radius 1 is 0.840 bits per heavy atom. The van der Waals surface area contributed by atoms with Gasteiger partial charge in [0, 0.05) is 31.6 Å². The number of carbonyl (C=O) groups excluding carboxylic acids is 4. The first-order valence-corrected chi connectivity index (χ1v) is 8.77. The average molecular weight is 342 g/mol. The minimum atomic E-state index is -0.906. The third-order valence-corrected chi connectivity index (χ3v) is 5.28. The number of ketones is 4. The molecule has 5 heteroatoms. The number of carbonyl (C=O) groups is 4. The largest absolute Gasteiger partial charge is 0.497 e. The molecule has 2 fully saturated rings. The van der Waals surface area contributed by atoms with E-state index in [1.54, 1.807) is 24.3 Å². The van der Waals surface area contributed by atoms with E-state index < -0.39 is 17.8 Å². The van der Waals surface area contributed by atoms with Crippen LogP contribution in [0.25, 0.3) is 0 Å². The molecule has 3 rings (SSSR count). The van der Waals surface area contributed by atoms with Gasteiger partial charge in [0.2, 0.25) is 0 Å². The first kappa shape index (κ1) is 17.5. The molecule has 0 spiro atoms. The van der Waals surface area contributed by atoms with E-state index in [0.717, 1.165) is 0 Å². The molecule has 5 nitrogen and oxygen atoms in total. The van der Waals surface area contributed by atoms with Crippen LogP contribution in [0.1, 0.15) is 50.0 Å². The number of rotatable bonds is 4. The number of hydrogen-bond donors (Lipinski definition) is 0. The van der Waals surface area contributed by atoms with Crippen molar-refractivity contribution in [2.45, 2.75) is 44.4 Å². The Morgan fingerprint density at radius 3 is 1.76 bits per heavy atom. The van der Waals surface area contributed by atoms with E-state index in [1.807, 2.05) is 0 Å². The van der Waals surface area contributed by atoms with Gasteiger partial charge in [0.15, 0.2) is 0 Å². The summed E-state index contributed by atoms with van der Waals surface area (Å²) >= 11 is 0. The summed E-state index contributed by atoms with van der Waals surface area (Å²) in [5.41, 5.74) is 0.654. The minimum absolute atomic E-state index is 0.157. The highest BCUT2D eigenvalue weighted by Gasteiger charge is 2.47. The fourth-order valence-electron chi connectivity index (χ4n) is 4.08. The second-order valence-electron chi connectivity index (χ2n) is 6.83. The molecular weight excluding hydrogens is 320 g/mol. The summed E-state index contributed by atoms with van der Waals surface area (Å²) in [5, 5.41) is 0. The SMILES string of the molecule is COc1cccc(C(C2C(=O)CCCC2=O)C2C(=O)CCCC2=O)c1. The van der Waals surface area contributed by atoms with Crippen LogP contribution in [0.15, 0.2) is 24.3 Å². The monoisotopic (exact) mass is 342 g/mol. The Balaban J connectivity index is 2.10. The summed E-state index contributed by atoms with van der Waals surface area (Å²) in [4.78, 5) is 50.2. The van der Waals surface area contributed by atoms with Crippen molar-refractivity contribution in [3.63, 3.8) is 0 Å². The maximum Gasteiger partial charge on any atom is 0.144 e. The third-order valence-electron chi connectivity index (χ3n) is 5.28. The normalized spacial score (nSPS) is 20.4. The molecule has 0 aliphatic heterocycles. The predicted molar refractivity (Wildman–Crippen MR) is 90.4 cm³/mol. The molecular formula is C20H22O5. The molecule has 0 aromatic heterocycles. The van der Waals surface area contributed by atoms with E-state index in [0.29, 0.717) is 49.8 Å². The van der Waals surface area contributed by atoms with Gasteiger partial charge in [-0.15, -0.1) is 0 Å². The van der Waals surface area contributed by atoms with Crippen LogP contribution in [-0.4, -0.2) is 30.2 Å². The molecule has 2 aliphatic rings. The molecule has 25 heavy (non-hydrogen) atoms. The first-order chi connectivity index (χ1) is 12.0.